The lowest BCUT2D eigenvalue weighted by Gasteiger charge is -2.02. The van der Waals surface area contributed by atoms with Gasteiger partial charge in [0.1, 0.15) is 0 Å². The maximum atomic E-state index is 10.7. The summed E-state index contributed by atoms with van der Waals surface area (Å²) in [6.07, 6.45) is 2.19. The lowest BCUT2D eigenvalue weighted by atomic mass is 10.1. The normalized spacial score (nSPS) is 10.9. The molecule has 1 heterocycles. The van der Waals surface area contributed by atoms with Gasteiger partial charge in [0, 0.05) is 23.6 Å². The largest absolute Gasteiger partial charge is 0.481 e. The van der Waals surface area contributed by atoms with Crippen molar-refractivity contribution in [3.63, 3.8) is 0 Å². The number of hydrogen-bond acceptors (Lipinski definition) is 1. The average molecular weight is 217 g/mol. The van der Waals surface area contributed by atoms with E-state index in [-0.39, 0.29) is 6.42 Å². The Balaban J connectivity index is 2.55. The molecule has 16 heavy (non-hydrogen) atoms. The minimum Gasteiger partial charge on any atom is -0.481 e. The van der Waals surface area contributed by atoms with Crippen LogP contribution in [0.1, 0.15) is 18.1 Å². The molecule has 1 aromatic carbocycles. The van der Waals surface area contributed by atoms with E-state index < -0.39 is 5.97 Å². The number of hydrogen-bond donors (Lipinski definition) is 1. The first-order valence-electron chi connectivity index (χ1n) is 5.42. The molecule has 0 saturated carbocycles. The molecule has 2 aromatic rings. The van der Waals surface area contributed by atoms with Crippen LogP contribution in [0.5, 0.6) is 0 Å². The number of nitrogens with zero attached hydrogens (tertiary/aromatic N) is 1. The SMILES string of the molecule is CCn1cc(C)c2ccc(CC(=O)O)cc21. The van der Waals surface area contributed by atoms with Crippen molar-refractivity contribution in [2.75, 3.05) is 0 Å². The van der Waals surface area contributed by atoms with Gasteiger partial charge in [-0.2, -0.15) is 0 Å². The fourth-order valence-electron chi connectivity index (χ4n) is 2.07. The molecule has 0 saturated heterocycles. The summed E-state index contributed by atoms with van der Waals surface area (Å²) in [6.45, 7) is 5.06. The Morgan fingerprint density at radius 3 is 2.81 bits per heavy atom. The van der Waals surface area contributed by atoms with Crippen LogP contribution in [0.2, 0.25) is 0 Å². The van der Waals surface area contributed by atoms with E-state index in [1.807, 2.05) is 18.2 Å². The second-order valence-electron chi connectivity index (χ2n) is 4.02. The van der Waals surface area contributed by atoms with Crippen LogP contribution >= 0.6 is 0 Å². The summed E-state index contributed by atoms with van der Waals surface area (Å²) < 4.78 is 2.15. The van der Waals surface area contributed by atoms with E-state index >= 15 is 0 Å². The van der Waals surface area contributed by atoms with E-state index in [0.717, 1.165) is 17.6 Å². The lowest BCUT2D eigenvalue weighted by molar-refractivity contribution is -0.136. The molecule has 1 aromatic heterocycles. The number of benzene rings is 1. The van der Waals surface area contributed by atoms with E-state index in [0.29, 0.717) is 0 Å². The molecule has 1 N–H and O–H groups in total. The first-order chi connectivity index (χ1) is 7.61. The highest BCUT2D eigenvalue weighted by molar-refractivity contribution is 5.85. The third kappa shape index (κ3) is 1.81. The highest BCUT2D eigenvalue weighted by Gasteiger charge is 2.07. The summed E-state index contributed by atoms with van der Waals surface area (Å²) in [5.74, 6) is -0.786. The molecule has 0 amide bonds. The summed E-state index contributed by atoms with van der Waals surface area (Å²) in [4.78, 5) is 10.7. The van der Waals surface area contributed by atoms with Gasteiger partial charge in [0.25, 0.3) is 0 Å². The van der Waals surface area contributed by atoms with Gasteiger partial charge in [-0.3, -0.25) is 4.79 Å². The standard InChI is InChI=1S/C13H15NO2/c1-3-14-8-9(2)11-5-4-10(6-12(11)14)7-13(15)16/h4-6,8H,3,7H2,1-2H3,(H,15,16). The first-order valence-corrected chi connectivity index (χ1v) is 5.42. The first kappa shape index (κ1) is 10.7. The molecule has 0 aliphatic carbocycles. The second kappa shape index (κ2) is 4.00. The summed E-state index contributed by atoms with van der Waals surface area (Å²) >= 11 is 0. The van der Waals surface area contributed by atoms with E-state index in [4.69, 9.17) is 5.11 Å². The van der Waals surface area contributed by atoms with Crippen LogP contribution in [-0.2, 0) is 17.8 Å². The van der Waals surface area contributed by atoms with E-state index in [9.17, 15) is 4.79 Å². The predicted molar refractivity (Wildman–Crippen MR) is 63.7 cm³/mol. The smallest absolute Gasteiger partial charge is 0.307 e. The molecule has 0 bridgehead atoms. The third-order valence-corrected chi connectivity index (χ3v) is 2.84. The fraction of sp³-hybridized carbons (Fsp3) is 0.308. The predicted octanol–water partition coefficient (Wildman–Crippen LogP) is 2.60. The molecule has 3 heteroatoms. The van der Waals surface area contributed by atoms with Crippen molar-refractivity contribution in [2.45, 2.75) is 26.8 Å². The number of aromatic nitrogens is 1. The minimum absolute atomic E-state index is 0.0872. The zero-order chi connectivity index (χ0) is 11.7. The zero-order valence-corrected chi connectivity index (χ0v) is 9.53. The van der Waals surface area contributed by atoms with Crippen LogP contribution < -0.4 is 0 Å². The molecular weight excluding hydrogens is 202 g/mol. The van der Waals surface area contributed by atoms with Gasteiger partial charge >= 0.3 is 5.97 Å². The summed E-state index contributed by atoms with van der Waals surface area (Å²) in [6, 6.07) is 5.87. The van der Waals surface area contributed by atoms with Gasteiger partial charge in [0.15, 0.2) is 0 Å². The Morgan fingerprint density at radius 1 is 1.44 bits per heavy atom. The molecule has 3 nitrogen and oxygen atoms in total. The van der Waals surface area contributed by atoms with Gasteiger partial charge in [0.05, 0.1) is 6.42 Å². The number of carbonyl (C=O) groups is 1. The quantitative estimate of drug-likeness (QED) is 0.858. The maximum absolute atomic E-state index is 10.7. The van der Waals surface area contributed by atoms with Crippen LogP contribution in [0.15, 0.2) is 24.4 Å². The van der Waals surface area contributed by atoms with Crippen molar-refractivity contribution in [1.82, 2.24) is 4.57 Å². The van der Waals surface area contributed by atoms with Crippen molar-refractivity contribution in [1.29, 1.82) is 0 Å². The Kier molecular flexibility index (Phi) is 2.69. The summed E-state index contributed by atoms with van der Waals surface area (Å²) in [5.41, 5.74) is 3.21. The molecule has 0 aliphatic rings. The topological polar surface area (TPSA) is 42.2 Å². The van der Waals surface area contributed by atoms with Gasteiger partial charge in [-0.25, -0.2) is 0 Å². The maximum Gasteiger partial charge on any atom is 0.307 e. The van der Waals surface area contributed by atoms with Gasteiger partial charge in [-0.15, -0.1) is 0 Å². The minimum atomic E-state index is -0.786. The van der Waals surface area contributed by atoms with E-state index in [2.05, 4.69) is 24.6 Å². The number of carboxylic acids is 1. The van der Waals surface area contributed by atoms with Crippen LogP contribution in [0.25, 0.3) is 10.9 Å². The molecule has 84 valence electrons. The van der Waals surface area contributed by atoms with Crippen molar-refractivity contribution in [3.05, 3.63) is 35.5 Å². The van der Waals surface area contributed by atoms with Crippen molar-refractivity contribution in [3.8, 4) is 0 Å². The lowest BCUT2D eigenvalue weighted by Crippen LogP contribution is -2.00. The highest BCUT2D eigenvalue weighted by atomic mass is 16.4. The Bertz CT molecular complexity index is 540. The van der Waals surface area contributed by atoms with Crippen LogP contribution in [-0.4, -0.2) is 15.6 Å². The number of fused-ring (bicyclic) bond motifs is 1. The van der Waals surface area contributed by atoms with Gasteiger partial charge in [-0.1, -0.05) is 12.1 Å². The van der Waals surface area contributed by atoms with Crippen molar-refractivity contribution >= 4 is 16.9 Å². The van der Waals surface area contributed by atoms with Crippen molar-refractivity contribution in [2.24, 2.45) is 0 Å². The van der Waals surface area contributed by atoms with Crippen molar-refractivity contribution < 1.29 is 9.90 Å². The molecular formula is C13H15NO2. The Labute approximate surface area is 94.3 Å². The molecule has 2 rings (SSSR count). The van der Waals surface area contributed by atoms with Gasteiger partial charge in [0.2, 0.25) is 0 Å². The third-order valence-electron chi connectivity index (χ3n) is 2.84. The molecule has 0 spiro atoms. The Morgan fingerprint density at radius 2 is 2.19 bits per heavy atom. The molecule has 0 radical (unpaired) electrons. The Hall–Kier alpha value is -1.77. The van der Waals surface area contributed by atoms with Gasteiger partial charge < -0.3 is 9.67 Å². The molecule has 0 aliphatic heterocycles. The zero-order valence-electron chi connectivity index (χ0n) is 9.53. The number of aryl methyl sites for hydroxylation is 2. The summed E-state index contributed by atoms with van der Waals surface area (Å²) in [5, 5.41) is 9.97. The van der Waals surface area contributed by atoms with Crippen LogP contribution in [0.3, 0.4) is 0 Å². The number of carboxylic acid groups (broad SMARTS) is 1. The average Bonchev–Trinajstić information content (AvgIpc) is 2.54. The summed E-state index contributed by atoms with van der Waals surface area (Å²) in [7, 11) is 0. The van der Waals surface area contributed by atoms with Gasteiger partial charge in [-0.05, 0) is 31.0 Å². The van der Waals surface area contributed by atoms with Crippen LogP contribution in [0, 0.1) is 6.92 Å². The molecule has 0 atom stereocenters. The molecule has 0 unspecified atom stereocenters. The van der Waals surface area contributed by atoms with Crippen LogP contribution in [0.4, 0.5) is 0 Å². The molecule has 0 fully saturated rings. The van der Waals surface area contributed by atoms with E-state index in [1.165, 1.54) is 10.9 Å². The van der Waals surface area contributed by atoms with E-state index in [1.54, 1.807) is 0 Å². The monoisotopic (exact) mass is 217 g/mol. The fourth-order valence-corrected chi connectivity index (χ4v) is 2.07. The second-order valence-corrected chi connectivity index (χ2v) is 4.02. The number of rotatable bonds is 3. The highest BCUT2D eigenvalue weighted by Crippen LogP contribution is 2.22. The number of aliphatic carboxylic acids is 1.